The molecule has 0 saturated heterocycles. The molecule has 0 heterocycles. The van der Waals surface area contributed by atoms with Crippen LogP contribution in [0.4, 0.5) is 0 Å². The Bertz CT molecular complexity index is 333. The Kier molecular flexibility index (Phi) is 6.52. The molecule has 0 bridgehead atoms. The number of halogens is 1. The smallest absolute Gasteiger partial charge is 0.0802 e. The largest absolute Gasteiger partial charge is 0.396 e. The first-order chi connectivity index (χ1) is 8.13. The van der Waals surface area contributed by atoms with Gasteiger partial charge in [-0.15, -0.1) is 0 Å². The van der Waals surface area contributed by atoms with Crippen molar-refractivity contribution in [3.63, 3.8) is 0 Å². The maximum absolute atomic E-state index is 9.98. The minimum atomic E-state index is -0.481. The van der Waals surface area contributed by atoms with Crippen molar-refractivity contribution in [2.45, 2.75) is 18.9 Å². The van der Waals surface area contributed by atoms with Crippen LogP contribution >= 0.6 is 11.6 Å². The van der Waals surface area contributed by atoms with Gasteiger partial charge in [-0.2, -0.15) is 0 Å². The van der Waals surface area contributed by atoms with Crippen LogP contribution in [0.15, 0.2) is 24.3 Å². The molecule has 2 N–H and O–H groups in total. The van der Waals surface area contributed by atoms with Gasteiger partial charge in [0.1, 0.15) is 0 Å². The first-order valence-electron chi connectivity index (χ1n) is 5.86. The molecule has 0 spiro atoms. The van der Waals surface area contributed by atoms with E-state index in [1.165, 1.54) is 0 Å². The molecular formula is C13H20ClNO2. The molecule has 0 fully saturated rings. The molecule has 0 saturated carbocycles. The zero-order valence-corrected chi connectivity index (χ0v) is 10.9. The van der Waals surface area contributed by atoms with Crippen molar-refractivity contribution in [1.29, 1.82) is 0 Å². The van der Waals surface area contributed by atoms with E-state index in [0.29, 0.717) is 11.4 Å². The molecule has 1 rings (SSSR count). The number of nitrogens with zero attached hydrogens (tertiary/aromatic N) is 1. The van der Waals surface area contributed by atoms with Crippen molar-refractivity contribution in [2.24, 2.45) is 0 Å². The van der Waals surface area contributed by atoms with Crippen LogP contribution in [0.1, 0.15) is 24.5 Å². The molecule has 17 heavy (non-hydrogen) atoms. The molecule has 1 unspecified atom stereocenters. The first-order valence-corrected chi connectivity index (χ1v) is 6.24. The highest BCUT2D eigenvalue weighted by atomic mass is 35.5. The zero-order valence-electron chi connectivity index (χ0n) is 10.1. The first kappa shape index (κ1) is 14.5. The summed E-state index contributed by atoms with van der Waals surface area (Å²) in [6, 6.07) is 7.31. The average Bonchev–Trinajstić information content (AvgIpc) is 2.33. The van der Waals surface area contributed by atoms with E-state index >= 15 is 0 Å². The molecule has 0 amide bonds. The summed E-state index contributed by atoms with van der Waals surface area (Å²) < 4.78 is 0. The van der Waals surface area contributed by atoms with E-state index in [2.05, 4.69) is 4.90 Å². The van der Waals surface area contributed by atoms with Crippen molar-refractivity contribution in [3.05, 3.63) is 34.9 Å². The van der Waals surface area contributed by atoms with Gasteiger partial charge in [0.05, 0.1) is 6.10 Å². The molecule has 0 aliphatic heterocycles. The van der Waals surface area contributed by atoms with Crippen LogP contribution in [0.3, 0.4) is 0 Å². The van der Waals surface area contributed by atoms with Gasteiger partial charge in [0.2, 0.25) is 0 Å². The second-order valence-corrected chi connectivity index (χ2v) is 4.68. The predicted molar refractivity (Wildman–Crippen MR) is 70.2 cm³/mol. The van der Waals surface area contributed by atoms with Gasteiger partial charge in [-0.1, -0.05) is 23.7 Å². The minimum absolute atomic E-state index is 0.210. The van der Waals surface area contributed by atoms with Gasteiger partial charge >= 0.3 is 0 Å². The van der Waals surface area contributed by atoms with E-state index < -0.39 is 6.10 Å². The Morgan fingerprint density at radius 3 is 2.76 bits per heavy atom. The summed E-state index contributed by atoms with van der Waals surface area (Å²) in [7, 11) is 1.99. The SMILES string of the molecule is CN(CCCO)CCC(O)c1cccc(Cl)c1. The highest BCUT2D eigenvalue weighted by molar-refractivity contribution is 6.30. The monoisotopic (exact) mass is 257 g/mol. The van der Waals surface area contributed by atoms with Crippen LogP contribution in [0, 0.1) is 0 Å². The quantitative estimate of drug-likeness (QED) is 0.786. The molecule has 0 radical (unpaired) electrons. The molecule has 0 aliphatic carbocycles. The van der Waals surface area contributed by atoms with E-state index in [4.69, 9.17) is 16.7 Å². The van der Waals surface area contributed by atoms with Crippen molar-refractivity contribution in [2.75, 3.05) is 26.7 Å². The van der Waals surface area contributed by atoms with E-state index in [1.54, 1.807) is 12.1 Å². The molecule has 1 atom stereocenters. The highest BCUT2D eigenvalue weighted by Gasteiger charge is 2.09. The third-order valence-corrected chi connectivity index (χ3v) is 2.95. The van der Waals surface area contributed by atoms with Crippen LogP contribution in [0.25, 0.3) is 0 Å². The molecule has 1 aromatic rings. The number of rotatable bonds is 7. The van der Waals surface area contributed by atoms with Crippen LogP contribution in [0.2, 0.25) is 5.02 Å². The predicted octanol–water partition coefficient (Wildman–Crippen LogP) is 2.08. The Hall–Kier alpha value is -0.610. The maximum Gasteiger partial charge on any atom is 0.0802 e. The molecule has 1 aromatic carbocycles. The van der Waals surface area contributed by atoms with Crippen molar-refractivity contribution in [3.8, 4) is 0 Å². The van der Waals surface area contributed by atoms with E-state index in [9.17, 15) is 5.11 Å². The third kappa shape index (κ3) is 5.50. The van der Waals surface area contributed by atoms with Crippen LogP contribution in [-0.4, -0.2) is 41.9 Å². The molecule has 3 nitrogen and oxygen atoms in total. The Morgan fingerprint density at radius 2 is 2.12 bits per heavy atom. The Morgan fingerprint density at radius 1 is 1.35 bits per heavy atom. The summed E-state index contributed by atoms with van der Waals surface area (Å²) in [6.45, 7) is 1.85. The fraction of sp³-hybridized carbons (Fsp3) is 0.538. The molecular weight excluding hydrogens is 238 g/mol. The standard InChI is InChI=1S/C13H20ClNO2/c1-15(7-3-9-16)8-6-13(17)11-4-2-5-12(14)10-11/h2,4-5,10,13,16-17H,3,6-9H2,1H3. The van der Waals surface area contributed by atoms with Crippen molar-refractivity contribution in [1.82, 2.24) is 4.90 Å². The average molecular weight is 258 g/mol. The summed E-state index contributed by atoms with van der Waals surface area (Å²) in [6.07, 6.45) is 0.955. The lowest BCUT2D eigenvalue weighted by Crippen LogP contribution is -2.23. The van der Waals surface area contributed by atoms with Crippen LogP contribution < -0.4 is 0 Å². The van der Waals surface area contributed by atoms with Crippen LogP contribution in [0.5, 0.6) is 0 Å². The van der Waals surface area contributed by atoms with Crippen molar-refractivity contribution < 1.29 is 10.2 Å². The second kappa shape index (κ2) is 7.67. The summed E-state index contributed by atoms with van der Waals surface area (Å²) >= 11 is 5.87. The molecule has 4 heteroatoms. The number of hydrogen-bond donors (Lipinski definition) is 2. The summed E-state index contributed by atoms with van der Waals surface area (Å²) in [5, 5.41) is 19.3. The number of aliphatic hydroxyl groups excluding tert-OH is 2. The van der Waals surface area contributed by atoms with E-state index in [-0.39, 0.29) is 6.61 Å². The molecule has 0 aromatic heterocycles. The summed E-state index contributed by atoms with van der Waals surface area (Å²) in [5.41, 5.74) is 0.855. The minimum Gasteiger partial charge on any atom is -0.396 e. The summed E-state index contributed by atoms with van der Waals surface area (Å²) in [5.74, 6) is 0. The second-order valence-electron chi connectivity index (χ2n) is 4.24. The van der Waals surface area contributed by atoms with Gasteiger partial charge < -0.3 is 15.1 Å². The van der Waals surface area contributed by atoms with E-state index in [1.807, 2.05) is 19.2 Å². The van der Waals surface area contributed by atoms with Crippen LogP contribution in [-0.2, 0) is 0 Å². The van der Waals surface area contributed by atoms with E-state index in [0.717, 1.165) is 25.1 Å². The lowest BCUT2D eigenvalue weighted by atomic mass is 10.1. The van der Waals surface area contributed by atoms with Gasteiger partial charge in [0.15, 0.2) is 0 Å². The number of hydrogen-bond acceptors (Lipinski definition) is 3. The summed E-state index contributed by atoms with van der Waals surface area (Å²) in [4.78, 5) is 2.10. The lowest BCUT2D eigenvalue weighted by Gasteiger charge is -2.18. The molecule has 96 valence electrons. The maximum atomic E-state index is 9.98. The Balaban J connectivity index is 2.36. The zero-order chi connectivity index (χ0) is 12.7. The number of aliphatic hydroxyl groups is 2. The fourth-order valence-electron chi connectivity index (χ4n) is 1.68. The third-order valence-electron chi connectivity index (χ3n) is 2.72. The molecule has 0 aliphatic rings. The van der Waals surface area contributed by atoms with Crippen molar-refractivity contribution >= 4 is 11.6 Å². The van der Waals surface area contributed by atoms with Gasteiger partial charge in [0, 0.05) is 24.7 Å². The van der Waals surface area contributed by atoms with Gasteiger partial charge in [-0.3, -0.25) is 0 Å². The lowest BCUT2D eigenvalue weighted by molar-refractivity contribution is 0.146. The normalized spacial score (nSPS) is 13.0. The van der Waals surface area contributed by atoms with Gasteiger partial charge in [0.25, 0.3) is 0 Å². The fourth-order valence-corrected chi connectivity index (χ4v) is 1.87. The highest BCUT2D eigenvalue weighted by Crippen LogP contribution is 2.20. The van der Waals surface area contributed by atoms with Gasteiger partial charge in [-0.25, -0.2) is 0 Å². The van der Waals surface area contributed by atoms with Gasteiger partial charge in [-0.05, 0) is 37.6 Å². The topological polar surface area (TPSA) is 43.7 Å². The number of benzene rings is 1. The Labute approximate surface area is 108 Å².